The molecule has 4 rings (SSSR count). The maximum absolute atomic E-state index is 13.0. The van der Waals surface area contributed by atoms with Gasteiger partial charge in [0.1, 0.15) is 5.60 Å². The van der Waals surface area contributed by atoms with E-state index in [1.54, 1.807) is 62.1 Å². The molecule has 2 aromatic carbocycles. The molecule has 6 nitrogen and oxygen atoms in total. The van der Waals surface area contributed by atoms with Gasteiger partial charge in [0.15, 0.2) is 0 Å². The van der Waals surface area contributed by atoms with Crippen molar-refractivity contribution in [1.82, 2.24) is 9.80 Å². The number of amides is 3. The van der Waals surface area contributed by atoms with Crippen molar-refractivity contribution in [2.24, 2.45) is 0 Å². The first-order valence-electron chi connectivity index (χ1n) is 10.5. The highest BCUT2D eigenvalue weighted by atomic mass is 35.5. The lowest BCUT2D eigenvalue weighted by atomic mass is 9.91. The molecule has 168 valence electrons. The van der Waals surface area contributed by atoms with E-state index < -0.39 is 17.7 Å². The van der Waals surface area contributed by atoms with Gasteiger partial charge in [-0.2, -0.15) is 0 Å². The number of benzene rings is 2. The zero-order valence-electron chi connectivity index (χ0n) is 18.1. The van der Waals surface area contributed by atoms with Crippen molar-refractivity contribution in [2.45, 2.75) is 44.8 Å². The average molecular weight is 475 g/mol. The van der Waals surface area contributed by atoms with E-state index in [0.29, 0.717) is 34.1 Å². The third-order valence-corrected chi connectivity index (χ3v) is 6.53. The number of halogens is 2. The number of hydrogen-bond donors (Lipinski definition) is 0. The zero-order chi connectivity index (χ0) is 23.2. The number of likely N-dealkylation sites (tertiary alicyclic amines) is 1. The first-order chi connectivity index (χ1) is 15.1. The smallest absolute Gasteiger partial charge is 0.410 e. The minimum atomic E-state index is -0.668. The highest BCUT2D eigenvalue weighted by molar-refractivity contribution is 6.42. The monoisotopic (exact) mass is 474 g/mol. The van der Waals surface area contributed by atoms with E-state index >= 15 is 0 Å². The first-order valence-corrected chi connectivity index (χ1v) is 11.2. The zero-order valence-corrected chi connectivity index (χ0v) is 19.6. The van der Waals surface area contributed by atoms with Gasteiger partial charge in [0.05, 0.1) is 33.8 Å². The fourth-order valence-corrected chi connectivity index (χ4v) is 4.66. The van der Waals surface area contributed by atoms with Crippen molar-refractivity contribution in [3.8, 4) is 0 Å². The second kappa shape index (κ2) is 8.41. The van der Waals surface area contributed by atoms with Crippen LogP contribution in [0.4, 0.5) is 4.79 Å². The molecule has 0 radical (unpaired) electrons. The fourth-order valence-electron chi connectivity index (χ4n) is 4.35. The molecule has 2 aliphatic heterocycles. The van der Waals surface area contributed by atoms with Crippen LogP contribution < -0.4 is 0 Å². The topological polar surface area (TPSA) is 66.9 Å². The Labute approximate surface area is 197 Å². The Morgan fingerprint density at radius 3 is 2.22 bits per heavy atom. The number of fused-ring (bicyclic) bond motifs is 1. The van der Waals surface area contributed by atoms with Crippen LogP contribution in [0.25, 0.3) is 0 Å². The molecule has 2 aromatic rings. The predicted molar refractivity (Wildman–Crippen MR) is 122 cm³/mol. The maximum Gasteiger partial charge on any atom is 0.410 e. The molecule has 3 amide bonds. The molecular formula is C24H24Cl2N2O4. The second-order valence-electron chi connectivity index (χ2n) is 9.08. The molecule has 0 aromatic heterocycles. The van der Waals surface area contributed by atoms with E-state index in [9.17, 15) is 14.4 Å². The lowest BCUT2D eigenvalue weighted by Crippen LogP contribution is -2.48. The van der Waals surface area contributed by atoms with Gasteiger partial charge in [-0.05, 0) is 57.0 Å². The molecular weight excluding hydrogens is 451 g/mol. The van der Waals surface area contributed by atoms with Crippen LogP contribution in [0.2, 0.25) is 10.0 Å². The van der Waals surface area contributed by atoms with Crippen molar-refractivity contribution < 1.29 is 19.1 Å². The van der Waals surface area contributed by atoms with E-state index in [2.05, 4.69) is 0 Å². The van der Waals surface area contributed by atoms with Crippen LogP contribution in [0.15, 0.2) is 42.5 Å². The quantitative estimate of drug-likeness (QED) is 0.559. The molecule has 0 N–H and O–H groups in total. The van der Waals surface area contributed by atoms with Gasteiger partial charge in [0, 0.05) is 12.5 Å². The highest BCUT2D eigenvalue weighted by Gasteiger charge is 2.44. The number of carbonyl (C=O) groups is 3. The van der Waals surface area contributed by atoms with Crippen molar-refractivity contribution in [1.29, 1.82) is 0 Å². The highest BCUT2D eigenvalue weighted by Crippen LogP contribution is 2.38. The predicted octanol–water partition coefficient (Wildman–Crippen LogP) is 5.38. The Hall–Kier alpha value is -2.57. The summed E-state index contributed by atoms with van der Waals surface area (Å²) in [4.78, 5) is 41.8. The fraction of sp³-hybridized carbons (Fsp3) is 0.375. The number of nitrogens with zero attached hydrogens (tertiary/aromatic N) is 2. The summed E-state index contributed by atoms with van der Waals surface area (Å²) in [5, 5.41) is 0.855. The summed E-state index contributed by atoms with van der Waals surface area (Å²) < 4.78 is 5.61. The van der Waals surface area contributed by atoms with Crippen molar-refractivity contribution in [2.75, 3.05) is 13.1 Å². The number of hydrogen-bond acceptors (Lipinski definition) is 4. The van der Waals surface area contributed by atoms with Crippen LogP contribution in [-0.4, -0.2) is 52.4 Å². The summed E-state index contributed by atoms with van der Waals surface area (Å²) in [6.07, 6.45) is 0.173. The molecule has 32 heavy (non-hydrogen) atoms. The molecule has 1 saturated heterocycles. The number of rotatable bonds is 3. The van der Waals surface area contributed by atoms with Crippen LogP contribution in [0, 0.1) is 0 Å². The van der Waals surface area contributed by atoms with Gasteiger partial charge in [0.25, 0.3) is 11.8 Å². The summed E-state index contributed by atoms with van der Waals surface area (Å²) >= 11 is 12.3. The normalized spacial score (nSPS) is 20.7. The molecule has 1 unspecified atom stereocenters. The van der Waals surface area contributed by atoms with Crippen LogP contribution in [0.3, 0.4) is 0 Å². The van der Waals surface area contributed by atoms with E-state index in [0.717, 1.165) is 5.56 Å². The minimum Gasteiger partial charge on any atom is -0.444 e. The summed E-state index contributed by atoms with van der Waals surface area (Å²) in [5.41, 5.74) is 0.988. The molecule has 8 heteroatoms. The number of ether oxygens (including phenoxy) is 1. The number of carbonyl (C=O) groups excluding carboxylic acids is 3. The van der Waals surface area contributed by atoms with E-state index in [-0.39, 0.29) is 24.3 Å². The third kappa shape index (κ3) is 4.21. The van der Waals surface area contributed by atoms with E-state index in [1.807, 2.05) is 6.07 Å². The van der Waals surface area contributed by atoms with Gasteiger partial charge < -0.3 is 9.64 Å². The summed E-state index contributed by atoms with van der Waals surface area (Å²) in [5.74, 6) is -0.842. The molecule has 2 heterocycles. The summed E-state index contributed by atoms with van der Waals surface area (Å²) in [6, 6.07) is 11.7. The molecule has 0 aliphatic carbocycles. The Morgan fingerprint density at radius 1 is 1.03 bits per heavy atom. The van der Waals surface area contributed by atoms with Crippen molar-refractivity contribution in [3.63, 3.8) is 0 Å². The number of imide groups is 1. The maximum atomic E-state index is 13.0. The van der Waals surface area contributed by atoms with Gasteiger partial charge >= 0.3 is 6.09 Å². The van der Waals surface area contributed by atoms with Gasteiger partial charge in [-0.15, -0.1) is 0 Å². The van der Waals surface area contributed by atoms with Gasteiger partial charge in [-0.25, -0.2) is 4.79 Å². The van der Waals surface area contributed by atoms with E-state index in [1.165, 1.54) is 4.90 Å². The largest absolute Gasteiger partial charge is 0.444 e. The Balaban J connectivity index is 1.67. The minimum absolute atomic E-state index is 0.0660. The van der Waals surface area contributed by atoms with Gasteiger partial charge in [-0.1, -0.05) is 41.4 Å². The van der Waals surface area contributed by atoms with Crippen LogP contribution >= 0.6 is 23.2 Å². The lowest BCUT2D eigenvalue weighted by molar-refractivity contribution is 0.0183. The summed E-state index contributed by atoms with van der Waals surface area (Å²) in [7, 11) is 0. The third-order valence-electron chi connectivity index (χ3n) is 5.79. The molecule has 2 atom stereocenters. The molecule has 2 aliphatic rings. The van der Waals surface area contributed by atoms with Crippen molar-refractivity contribution in [3.05, 3.63) is 69.2 Å². The first kappa shape index (κ1) is 22.6. The lowest BCUT2D eigenvalue weighted by Gasteiger charge is -2.32. The van der Waals surface area contributed by atoms with Crippen molar-refractivity contribution >= 4 is 41.1 Å². The Morgan fingerprint density at radius 2 is 1.66 bits per heavy atom. The van der Waals surface area contributed by atoms with Crippen LogP contribution in [-0.2, 0) is 4.74 Å². The Bertz CT molecular complexity index is 1060. The SMILES string of the molecule is CC(C)(C)OC(=O)N1CC[C@@H](c2ccc(Cl)c(Cl)c2)C1CN1C(=O)c2ccccc2C1=O. The second-order valence-corrected chi connectivity index (χ2v) is 9.89. The molecule has 0 spiro atoms. The molecule has 1 fully saturated rings. The van der Waals surface area contributed by atoms with Crippen LogP contribution in [0.5, 0.6) is 0 Å². The Kier molecular flexibility index (Phi) is 5.94. The van der Waals surface area contributed by atoms with Gasteiger partial charge in [-0.3, -0.25) is 14.5 Å². The van der Waals surface area contributed by atoms with Crippen LogP contribution in [0.1, 0.15) is 59.4 Å². The van der Waals surface area contributed by atoms with E-state index in [4.69, 9.17) is 27.9 Å². The molecule has 0 saturated carbocycles. The average Bonchev–Trinajstić information content (AvgIpc) is 3.25. The summed E-state index contributed by atoms with van der Waals surface area (Å²) in [6.45, 7) is 5.91. The molecule has 0 bridgehead atoms. The standard InChI is InChI=1S/C24H24Cl2N2O4/c1-24(2,3)32-23(31)27-11-10-15(14-8-9-18(25)19(26)12-14)20(27)13-28-21(29)16-6-4-5-7-17(16)22(28)30/h4-9,12,15,20H,10-11,13H2,1-3H3/t15-,20?/m0/s1. The van der Waals surface area contributed by atoms with Gasteiger partial charge in [0.2, 0.25) is 0 Å².